The average molecular weight is 183 g/mol. The minimum absolute atomic E-state index is 0.0138. The van der Waals surface area contributed by atoms with Crippen LogP contribution in [0.15, 0.2) is 0 Å². The van der Waals surface area contributed by atoms with Crippen LogP contribution in [0, 0.1) is 11.8 Å². The fourth-order valence-corrected chi connectivity index (χ4v) is 1.61. The minimum atomic E-state index is -0.191. The van der Waals surface area contributed by atoms with Gasteiger partial charge in [0.2, 0.25) is 0 Å². The van der Waals surface area contributed by atoms with Gasteiger partial charge in [0, 0.05) is 19.6 Å². The monoisotopic (exact) mass is 183 g/mol. The summed E-state index contributed by atoms with van der Waals surface area (Å²) in [6, 6.07) is 0.0138. The lowest BCUT2D eigenvalue weighted by Gasteiger charge is -2.35. The molecule has 2 heteroatoms. The topological polar surface area (TPSA) is 35.2 Å². The standard InChI is InChI=1S/C11H21NO/c1-5-8-9-10(12)11(6-2,7-3)13-4/h10H,6-7,9,12H2,1-4H3. The van der Waals surface area contributed by atoms with Crippen LogP contribution in [0.5, 0.6) is 0 Å². The predicted molar refractivity (Wildman–Crippen MR) is 56.4 cm³/mol. The van der Waals surface area contributed by atoms with Crippen LogP contribution in [0.4, 0.5) is 0 Å². The molecular weight excluding hydrogens is 162 g/mol. The van der Waals surface area contributed by atoms with Crippen LogP contribution in [0.2, 0.25) is 0 Å². The molecule has 0 heterocycles. The molecule has 0 amide bonds. The highest BCUT2D eigenvalue weighted by atomic mass is 16.5. The van der Waals surface area contributed by atoms with E-state index in [4.69, 9.17) is 10.5 Å². The molecule has 0 rings (SSSR count). The van der Waals surface area contributed by atoms with Gasteiger partial charge in [-0.1, -0.05) is 13.8 Å². The van der Waals surface area contributed by atoms with Crippen molar-refractivity contribution in [1.29, 1.82) is 0 Å². The molecule has 76 valence electrons. The first-order chi connectivity index (χ1) is 6.16. The molecule has 1 unspecified atom stereocenters. The molecule has 0 bridgehead atoms. The van der Waals surface area contributed by atoms with Crippen molar-refractivity contribution >= 4 is 0 Å². The van der Waals surface area contributed by atoms with Gasteiger partial charge < -0.3 is 10.5 Å². The van der Waals surface area contributed by atoms with E-state index in [2.05, 4.69) is 25.7 Å². The van der Waals surface area contributed by atoms with E-state index in [1.807, 2.05) is 6.92 Å². The van der Waals surface area contributed by atoms with Gasteiger partial charge in [0.05, 0.1) is 5.60 Å². The summed E-state index contributed by atoms with van der Waals surface area (Å²) in [7, 11) is 1.73. The van der Waals surface area contributed by atoms with Crippen molar-refractivity contribution in [1.82, 2.24) is 0 Å². The Morgan fingerprint density at radius 2 is 1.92 bits per heavy atom. The quantitative estimate of drug-likeness (QED) is 0.661. The van der Waals surface area contributed by atoms with Crippen LogP contribution in [0.1, 0.15) is 40.0 Å². The van der Waals surface area contributed by atoms with Gasteiger partial charge in [-0.15, -0.1) is 11.8 Å². The van der Waals surface area contributed by atoms with E-state index in [-0.39, 0.29) is 11.6 Å². The molecule has 1 atom stereocenters. The lowest BCUT2D eigenvalue weighted by Crippen LogP contribution is -2.48. The van der Waals surface area contributed by atoms with Gasteiger partial charge in [0.1, 0.15) is 0 Å². The summed E-state index contributed by atoms with van der Waals surface area (Å²) in [6.07, 6.45) is 2.59. The number of rotatable bonds is 5. The summed E-state index contributed by atoms with van der Waals surface area (Å²) in [6.45, 7) is 6.04. The van der Waals surface area contributed by atoms with Crippen LogP contribution >= 0.6 is 0 Å². The molecule has 0 aromatic heterocycles. The fourth-order valence-electron chi connectivity index (χ4n) is 1.61. The number of hydrogen-bond acceptors (Lipinski definition) is 2. The van der Waals surface area contributed by atoms with Gasteiger partial charge in [-0.3, -0.25) is 0 Å². The molecule has 0 aliphatic rings. The van der Waals surface area contributed by atoms with E-state index in [1.54, 1.807) is 7.11 Å². The molecule has 0 aromatic carbocycles. The maximum Gasteiger partial charge on any atom is 0.0832 e. The van der Waals surface area contributed by atoms with E-state index in [1.165, 1.54) is 0 Å². The zero-order valence-electron chi connectivity index (χ0n) is 9.18. The van der Waals surface area contributed by atoms with E-state index in [9.17, 15) is 0 Å². The average Bonchev–Trinajstić information content (AvgIpc) is 2.18. The van der Waals surface area contributed by atoms with Crippen LogP contribution in [-0.4, -0.2) is 18.8 Å². The van der Waals surface area contributed by atoms with E-state index in [0.29, 0.717) is 6.42 Å². The Hall–Kier alpha value is -0.520. The van der Waals surface area contributed by atoms with Gasteiger partial charge in [-0.05, 0) is 19.8 Å². The van der Waals surface area contributed by atoms with Crippen molar-refractivity contribution in [3.63, 3.8) is 0 Å². The predicted octanol–water partition coefficient (Wildman–Crippen LogP) is 1.93. The Morgan fingerprint density at radius 3 is 2.23 bits per heavy atom. The lowest BCUT2D eigenvalue weighted by molar-refractivity contribution is -0.0363. The minimum Gasteiger partial charge on any atom is -0.377 e. The van der Waals surface area contributed by atoms with Crippen LogP contribution in [0.3, 0.4) is 0 Å². The number of hydrogen-bond donors (Lipinski definition) is 1. The SMILES string of the molecule is CC#CCC(N)C(CC)(CC)OC. The summed E-state index contributed by atoms with van der Waals surface area (Å²) >= 11 is 0. The first-order valence-electron chi connectivity index (χ1n) is 4.87. The third kappa shape index (κ3) is 3.02. The van der Waals surface area contributed by atoms with Crippen molar-refractivity contribution in [3.05, 3.63) is 0 Å². The van der Waals surface area contributed by atoms with E-state index < -0.39 is 0 Å². The largest absolute Gasteiger partial charge is 0.377 e. The van der Waals surface area contributed by atoms with Gasteiger partial charge >= 0.3 is 0 Å². The number of methoxy groups -OCH3 is 1. The fraction of sp³-hybridized carbons (Fsp3) is 0.818. The van der Waals surface area contributed by atoms with Crippen molar-refractivity contribution in [2.24, 2.45) is 5.73 Å². The van der Waals surface area contributed by atoms with E-state index in [0.717, 1.165) is 12.8 Å². The van der Waals surface area contributed by atoms with Gasteiger partial charge in [0.25, 0.3) is 0 Å². The Balaban J connectivity index is 4.39. The van der Waals surface area contributed by atoms with Crippen molar-refractivity contribution < 1.29 is 4.74 Å². The maximum absolute atomic E-state index is 6.04. The second kappa shape index (κ2) is 6.01. The Labute approximate surface area is 81.8 Å². The third-order valence-electron chi connectivity index (χ3n) is 2.78. The Morgan fingerprint density at radius 1 is 1.38 bits per heavy atom. The molecule has 0 aromatic rings. The highest BCUT2D eigenvalue weighted by molar-refractivity contribution is 5.02. The summed E-state index contributed by atoms with van der Waals surface area (Å²) in [4.78, 5) is 0. The highest BCUT2D eigenvalue weighted by Gasteiger charge is 2.32. The molecular formula is C11H21NO. The molecule has 0 saturated heterocycles. The third-order valence-corrected chi connectivity index (χ3v) is 2.78. The Bertz CT molecular complexity index is 178. The van der Waals surface area contributed by atoms with Gasteiger partial charge in [0.15, 0.2) is 0 Å². The molecule has 13 heavy (non-hydrogen) atoms. The summed E-state index contributed by atoms with van der Waals surface area (Å²) in [5.41, 5.74) is 5.85. The molecule has 0 radical (unpaired) electrons. The second-order valence-corrected chi connectivity index (χ2v) is 3.21. The second-order valence-electron chi connectivity index (χ2n) is 3.21. The maximum atomic E-state index is 6.04. The molecule has 2 nitrogen and oxygen atoms in total. The summed E-state index contributed by atoms with van der Waals surface area (Å²) in [5.74, 6) is 5.86. The number of ether oxygens (including phenoxy) is 1. The zero-order chi connectivity index (χ0) is 10.3. The highest BCUT2D eigenvalue weighted by Crippen LogP contribution is 2.24. The van der Waals surface area contributed by atoms with E-state index >= 15 is 0 Å². The van der Waals surface area contributed by atoms with Crippen LogP contribution in [-0.2, 0) is 4.74 Å². The van der Waals surface area contributed by atoms with Crippen LogP contribution < -0.4 is 5.73 Å². The molecule has 0 aliphatic carbocycles. The molecule has 0 saturated carbocycles. The van der Waals surface area contributed by atoms with Gasteiger partial charge in [-0.2, -0.15) is 0 Å². The molecule has 0 aliphatic heterocycles. The smallest absolute Gasteiger partial charge is 0.0832 e. The first-order valence-corrected chi connectivity index (χ1v) is 4.87. The summed E-state index contributed by atoms with van der Waals surface area (Å²) < 4.78 is 5.50. The van der Waals surface area contributed by atoms with Crippen molar-refractivity contribution in [3.8, 4) is 11.8 Å². The van der Waals surface area contributed by atoms with Crippen LogP contribution in [0.25, 0.3) is 0 Å². The normalized spacial score (nSPS) is 13.3. The van der Waals surface area contributed by atoms with Crippen molar-refractivity contribution in [2.45, 2.75) is 51.7 Å². The lowest BCUT2D eigenvalue weighted by atomic mass is 9.87. The summed E-state index contributed by atoms with van der Waals surface area (Å²) in [5, 5.41) is 0. The number of nitrogens with two attached hydrogens (primary N) is 1. The zero-order valence-corrected chi connectivity index (χ0v) is 9.18. The van der Waals surface area contributed by atoms with Crippen molar-refractivity contribution in [2.75, 3.05) is 7.11 Å². The van der Waals surface area contributed by atoms with Gasteiger partial charge in [-0.25, -0.2) is 0 Å². The molecule has 0 fully saturated rings. The Kier molecular flexibility index (Phi) is 5.77. The first kappa shape index (κ1) is 12.5. The molecule has 0 spiro atoms. The molecule has 2 N–H and O–H groups in total.